The molecule has 0 amide bonds. The lowest BCUT2D eigenvalue weighted by Crippen LogP contribution is -2.51. The molecule has 1 aliphatic carbocycles. The van der Waals surface area contributed by atoms with Gasteiger partial charge >= 0.3 is 5.97 Å². The van der Waals surface area contributed by atoms with E-state index in [-0.39, 0.29) is 5.92 Å². The van der Waals surface area contributed by atoms with Gasteiger partial charge in [-0.2, -0.15) is 0 Å². The largest absolute Gasteiger partial charge is 0.480 e. The number of benzene rings is 1. The van der Waals surface area contributed by atoms with E-state index in [1.54, 1.807) is 0 Å². The van der Waals surface area contributed by atoms with Crippen LogP contribution in [0.3, 0.4) is 0 Å². The van der Waals surface area contributed by atoms with Crippen molar-refractivity contribution < 1.29 is 9.90 Å². The molecule has 3 N–H and O–H groups in total. The van der Waals surface area contributed by atoms with Crippen molar-refractivity contribution in [2.75, 3.05) is 18.0 Å². The van der Waals surface area contributed by atoms with E-state index in [0.29, 0.717) is 6.42 Å². The summed E-state index contributed by atoms with van der Waals surface area (Å²) in [5, 5.41) is 9.37. The highest BCUT2D eigenvalue weighted by molar-refractivity contribution is 5.79. The second-order valence-electron chi connectivity index (χ2n) is 6.14. The van der Waals surface area contributed by atoms with Crippen LogP contribution in [0.25, 0.3) is 0 Å². The van der Waals surface area contributed by atoms with Crippen LogP contribution < -0.4 is 10.6 Å². The topological polar surface area (TPSA) is 66.6 Å². The fraction of sp³-hybridized carbons (Fsp3) is 0.588. The summed E-state index contributed by atoms with van der Waals surface area (Å²) in [6.07, 6.45) is 3.28. The maximum Gasteiger partial charge on any atom is 0.323 e. The summed E-state index contributed by atoms with van der Waals surface area (Å²) < 4.78 is 0. The summed E-state index contributed by atoms with van der Waals surface area (Å²) >= 11 is 0. The number of aryl methyl sites for hydroxylation is 1. The Balaban J connectivity index is 2.00. The van der Waals surface area contributed by atoms with Crippen molar-refractivity contribution in [1.82, 2.24) is 0 Å². The van der Waals surface area contributed by atoms with Gasteiger partial charge in [-0.3, -0.25) is 4.79 Å². The predicted molar refractivity (Wildman–Crippen MR) is 85.6 cm³/mol. The molecule has 0 bridgehead atoms. The van der Waals surface area contributed by atoms with Gasteiger partial charge in [0.2, 0.25) is 0 Å². The number of hydrogen-bond acceptors (Lipinski definition) is 3. The van der Waals surface area contributed by atoms with Crippen molar-refractivity contribution in [2.24, 2.45) is 11.7 Å². The number of nitrogens with two attached hydrogens (primary N) is 1. The Morgan fingerprint density at radius 3 is 2.67 bits per heavy atom. The van der Waals surface area contributed by atoms with Crippen LogP contribution in [-0.4, -0.2) is 29.7 Å². The van der Waals surface area contributed by atoms with Gasteiger partial charge in [0.15, 0.2) is 0 Å². The maximum atomic E-state index is 11.4. The fourth-order valence-electron chi connectivity index (χ4n) is 3.32. The van der Waals surface area contributed by atoms with Gasteiger partial charge < -0.3 is 15.7 Å². The van der Waals surface area contributed by atoms with E-state index < -0.39 is 11.5 Å². The van der Waals surface area contributed by atoms with E-state index in [0.717, 1.165) is 32.4 Å². The van der Waals surface area contributed by atoms with E-state index >= 15 is 0 Å². The molecule has 0 radical (unpaired) electrons. The molecule has 4 heteroatoms. The second-order valence-corrected chi connectivity index (χ2v) is 6.14. The molecule has 1 saturated carbocycles. The van der Waals surface area contributed by atoms with Crippen LogP contribution in [0.1, 0.15) is 38.2 Å². The molecule has 116 valence electrons. The Bertz CT molecular complexity index is 486. The molecule has 0 spiro atoms. The lowest BCUT2D eigenvalue weighted by Gasteiger charge is -2.30. The van der Waals surface area contributed by atoms with Gasteiger partial charge in [0.05, 0.1) is 0 Å². The minimum Gasteiger partial charge on any atom is -0.480 e. The van der Waals surface area contributed by atoms with Crippen LogP contribution in [-0.2, 0) is 4.79 Å². The summed E-state index contributed by atoms with van der Waals surface area (Å²) in [7, 11) is 0. The van der Waals surface area contributed by atoms with Crippen LogP contribution in [0.5, 0.6) is 0 Å². The van der Waals surface area contributed by atoms with Gasteiger partial charge in [-0.25, -0.2) is 0 Å². The first-order chi connectivity index (χ1) is 9.97. The molecule has 1 fully saturated rings. The van der Waals surface area contributed by atoms with Crippen LogP contribution in [0.15, 0.2) is 24.3 Å². The molecule has 4 nitrogen and oxygen atoms in total. The molecule has 0 saturated heterocycles. The second kappa shape index (κ2) is 6.48. The number of carboxylic acids is 1. The summed E-state index contributed by atoms with van der Waals surface area (Å²) in [5.41, 5.74) is 7.53. The van der Waals surface area contributed by atoms with Gasteiger partial charge in [-0.05, 0) is 51.2 Å². The average Bonchev–Trinajstić information content (AvgIpc) is 2.84. The SMILES string of the molecule is CCN(CCC1CCCC1(N)C(=O)O)c1ccc(C)cc1. The van der Waals surface area contributed by atoms with E-state index in [4.69, 9.17) is 5.73 Å². The van der Waals surface area contributed by atoms with Crippen molar-refractivity contribution in [3.05, 3.63) is 29.8 Å². The molecule has 2 atom stereocenters. The Morgan fingerprint density at radius 1 is 1.43 bits per heavy atom. The lowest BCUT2D eigenvalue weighted by atomic mass is 9.85. The van der Waals surface area contributed by atoms with E-state index in [1.165, 1.54) is 11.3 Å². The fourth-order valence-corrected chi connectivity index (χ4v) is 3.32. The first-order valence-corrected chi connectivity index (χ1v) is 7.81. The molecular weight excluding hydrogens is 264 g/mol. The molecule has 2 rings (SSSR count). The van der Waals surface area contributed by atoms with E-state index in [9.17, 15) is 9.90 Å². The number of nitrogens with zero attached hydrogens (tertiary/aromatic N) is 1. The monoisotopic (exact) mass is 290 g/mol. The van der Waals surface area contributed by atoms with Gasteiger partial charge in [0.1, 0.15) is 5.54 Å². The summed E-state index contributed by atoms with van der Waals surface area (Å²) in [5.74, 6) is -0.766. The number of aliphatic carboxylic acids is 1. The molecule has 1 aromatic carbocycles. The van der Waals surface area contributed by atoms with Crippen LogP contribution in [0.2, 0.25) is 0 Å². The molecule has 0 aliphatic heterocycles. The zero-order valence-electron chi connectivity index (χ0n) is 13.0. The minimum atomic E-state index is -1.02. The Kier molecular flexibility index (Phi) is 4.88. The Morgan fingerprint density at radius 2 is 2.10 bits per heavy atom. The third kappa shape index (κ3) is 3.38. The van der Waals surface area contributed by atoms with Crippen molar-refractivity contribution in [2.45, 2.75) is 45.1 Å². The number of carbonyl (C=O) groups is 1. The number of hydrogen-bond donors (Lipinski definition) is 2. The van der Waals surface area contributed by atoms with Crippen LogP contribution >= 0.6 is 0 Å². The van der Waals surface area contributed by atoms with Crippen LogP contribution in [0, 0.1) is 12.8 Å². The highest BCUT2D eigenvalue weighted by Crippen LogP contribution is 2.36. The standard InChI is InChI=1S/C17H26N2O2/c1-3-19(15-8-6-13(2)7-9-15)12-10-14-5-4-11-17(14,18)16(20)21/h6-9,14H,3-5,10-12,18H2,1-2H3,(H,20,21). The molecular formula is C17H26N2O2. The van der Waals surface area contributed by atoms with Crippen LogP contribution in [0.4, 0.5) is 5.69 Å². The summed E-state index contributed by atoms with van der Waals surface area (Å²) in [4.78, 5) is 13.7. The normalized spacial score (nSPS) is 25.0. The Hall–Kier alpha value is -1.55. The van der Waals surface area contributed by atoms with Gasteiger partial charge in [-0.1, -0.05) is 24.1 Å². The Labute approximate surface area is 126 Å². The smallest absolute Gasteiger partial charge is 0.323 e. The summed E-state index contributed by atoms with van der Waals surface area (Å²) in [6.45, 7) is 5.98. The minimum absolute atomic E-state index is 0.0782. The molecule has 0 aromatic heterocycles. The zero-order chi connectivity index (χ0) is 15.5. The lowest BCUT2D eigenvalue weighted by molar-refractivity contribution is -0.144. The van der Waals surface area contributed by atoms with Crippen molar-refractivity contribution in [3.63, 3.8) is 0 Å². The third-order valence-corrected chi connectivity index (χ3v) is 4.80. The highest BCUT2D eigenvalue weighted by Gasteiger charge is 2.45. The first kappa shape index (κ1) is 15.8. The molecule has 1 aliphatic rings. The third-order valence-electron chi connectivity index (χ3n) is 4.80. The number of carboxylic acid groups (broad SMARTS) is 1. The van der Waals surface area contributed by atoms with E-state index in [2.05, 4.69) is 43.0 Å². The highest BCUT2D eigenvalue weighted by atomic mass is 16.4. The average molecular weight is 290 g/mol. The van der Waals surface area contributed by atoms with Crippen molar-refractivity contribution in [3.8, 4) is 0 Å². The number of rotatable bonds is 6. The van der Waals surface area contributed by atoms with E-state index in [1.807, 2.05) is 0 Å². The molecule has 1 aromatic rings. The van der Waals surface area contributed by atoms with Gasteiger partial charge in [0, 0.05) is 18.8 Å². The number of anilines is 1. The predicted octanol–water partition coefficient (Wildman–Crippen LogP) is 2.79. The quantitative estimate of drug-likeness (QED) is 0.845. The first-order valence-electron chi connectivity index (χ1n) is 7.81. The zero-order valence-corrected chi connectivity index (χ0v) is 13.0. The van der Waals surface area contributed by atoms with Gasteiger partial charge in [0.25, 0.3) is 0 Å². The van der Waals surface area contributed by atoms with Gasteiger partial charge in [-0.15, -0.1) is 0 Å². The van der Waals surface area contributed by atoms with Crippen molar-refractivity contribution in [1.29, 1.82) is 0 Å². The maximum absolute atomic E-state index is 11.4. The van der Waals surface area contributed by atoms with Crippen molar-refractivity contribution >= 4 is 11.7 Å². The molecule has 21 heavy (non-hydrogen) atoms. The molecule has 2 unspecified atom stereocenters. The molecule has 0 heterocycles. The summed E-state index contributed by atoms with van der Waals surface area (Å²) in [6, 6.07) is 8.47.